The van der Waals surface area contributed by atoms with Crippen LogP contribution in [0.5, 0.6) is 0 Å². The van der Waals surface area contributed by atoms with E-state index in [1.807, 2.05) is 32.4 Å². The lowest BCUT2D eigenvalue weighted by Gasteiger charge is -2.11. The van der Waals surface area contributed by atoms with Gasteiger partial charge in [0.05, 0.1) is 29.1 Å². The smallest absolute Gasteiger partial charge is 0.341 e. The number of hydrogen-bond acceptors (Lipinski definition) is 5. The molecule has 0 fully saturated rings. The number of aryl methyl sites for hydroxylation is 3. The van der Waals surface area contributed by atoms with E-state index in [1.165, 1.54) is 18.4 Å². The first-order valence-electron chi connectivity index (χ1n) is 8.18. The van der Waals surface area contributed by atoms with E-state index in [2.05, 4.69) is 15.7 Å². The lowest BCUT2D eigenvalue weighted by molar-refractivity contribution is 0.0601. The van der Waals surface area contributed by atoms with Crippen molar-refractivity contribution in [2.75, 3.05) is 19.0 Å². The van der Waals surface area contributed by atoms with Crippen molar-refractivity contribution < 1.29 is 9.53 Å². The summed E-state index contributed by atoms with van der Waals surface area (Å²) in [5.41, 5.74) is 3.26. The number of aromatic nitrogens is 2. The number of anilines is 1. The third-order valence-electron chi connectivity index (χ3n) is 4.13. The van der Waals surface area contributed by atoms with Crippen molar-refractivity contribution >= 4 is 51.2 Å². The molecule has 2 N–H and O–H groups in total. The standard InChI is InChI=1S/C17H23ClN4O2S2/c1-9-12(4)26-15(13(9)16(23)24-5)20-17(25)19-7-6-8-22-11(3)14(18)10(2)21-22/h6-8H2,1-5H3,(H2,19,20,25). The van der Waals surface area contributed by atoms with Crippen molar-refractivity contribution in [3.8, 4) is 0 Å². The van der Waals surface area contributed by atoms with Crippen LogP contribution < -0.4 is 10.6 Å². The number of methoxy groups -OCH3 is 1. The summed E-state index contributed by atoms with van der Waals surface area (Å²) in [5, 5.41) is 12.6. The van der Waals surface area contributed by atoms with Gasteiger partial charge in [0.1, 0.15) is 5.00 Å². The Kier molecular flexibility index (Phi) is 7.02. The summed E-state index contributed by atoms with van der Waals surface area (Å²) in [7, 11) is 1.38. The molecule has 0 aliphatic carbocycles. The molecular formula is C17H23ClN4O2S2. The van der Waals surface area contributed by atoms with Crippen LogP contribution in [0.2, 0.25) is 5.02 Å². The minimum absolute atomic E-state index is 0.362. The fraction of sp³-hybridized carbons (Fsp3) is 0.471. The van der Waals surface area contributed by atoms with E-state index in [9.17, 15) is 4.79 Å². The first-order chi connectivity index (χ1) is 12.3. The van der Waals surface area contributed by atoms with Gasteiger partial charge in [0.15, 0.2) is 5.11 Å². The van der Waals surface area contributed by atoms with Crippen LogP contribution in [0.3, 0.4) is 0 Å². The van der Waals surface area contributed by atoms with Crippen LogP contribution in [0.4, 0.5) is 5.00 Å². The van der Waals surface area contributed by atoms with Crippen LogP contribution >= 0.6 is 35.2 Å². The highest BCUT2D eigenvalue weighted by molar-refractivity contribution is 7.80. The molecule has 0 saturated heterocycles. The largest absolute Gasteiger partial charge is 0.465 e. The molecule has 0 aliphatic rings. The lowest BCUT2D eigenvalue weighted by atomic mass is 10.1. The fourth-order valence-electron chi connectivity index (χ4n) is 2.53. The molecular weight excluding hydrogens is 392 g/mol. The van der Waals surface area contributed by atoms with E-state index >= 15 is 0 Å². The molecule has 0 aromatic carbocycles. The van der Waals surface area contributed by atoms with E-state index in [-0.39, 0.29) is 5.97 Å². The number of hydrogen-bond donors (Lipinski definition) is 2. The van der Waals surface area contributed by atoms with Gasteiger partial charge in [0.2, 0.25) is 0 Å². The lowest BCUT2D eigenvalue weighted by Crippen LogP contribution is -2.30. The Morgan fingerprint density at radius 2 is 2.04 bits per heavy atom. The van der Waals surface area contributed by atoms with Crippen LogP contribution in [-0.4, -0.2) is 34.5 Å². The van der Waals surface area contributed by atoms with Gasteiger partial charge < -0.3 is 15.4 Å². The van der Waals surface area contributed by atoms with Crippen LogP contribution in [0.1, 0.15) is 38.6 Å². The molecule has 0 amide bonds. The van der Waals surface area contributed by atoms with Crippen molar-refractivity contribution in [2.24, 2.45) is 0 Å². The van der Waals surface area contributed by atoms with Crippen LogP contribution in [0.25, 0.3) is 0 Å². The van der Waals surface area contributed by atoms with Crippen molar-refractivity contribution in [2.45, 2.75) is 40.7 Å². The summed E-state index contributed by atoms with van der Waals surface area (Å²) in [5.74, 6) is -0.362. The molecule has 0 atom stereocenters. The highest BCUT2D eigenvalue weighted by Crippen LogP contribution is 2.32. The number of halogens is 1. The normalized spacial score (nSPS) is 10.7. The van der Waals surface area contributed by atoms with Crippen LogP contribution in [0.15, 0.2) is 0 Å². The Bertz CT molecular complexity index is 829. The van der Waals surface area contributed by atoms with Gasteiger partial charge in [-0.1, -0.05) is 11.6 Å². The number of carbonyl (C=O) groups is 1. The molecule has 9 heteroatoms. The summed E-state index contributed by atoms with van der Waals surface area (Å²) in [4.78, 5) is 13.0. The number of ether oxygens (including phenoxy) is 1. The first kappa shape index (κ1) is 20.7. The predicted octanol–water partition coefficient (Wildman–Crippen LogP) is 3.99. The predicted molar refractivity (Wildman–Crippen MR) is 111 cm³/mol. The molecule has 0 spiro atoms. The molecule has 0 radical (unpaired) electrons. The minimum Gasteiger partial charge on any atom is -0.465 e. The molecule has 2 aromatic rings. The number of rotatable bonds is 6. The summed E-state index contributed by atoms with van der Waals surface area (Å²) in [6.07, 6.45) is 0.840. The van der Waals surface area contributed by atoms with Crippen molar-refractivity contribution in [3.63, 3.8) is 0 Å². The summed E-state index contributed by atoms with van der Waals surface area (Å²) in [6, 6.07) is 0. The third-order valence-corrected chi connectivity index (χ3v) is 6.04. The van der Waals surface area contributed by atoms with E-state index in [0.29, 0.717) is 27.2 Å². The zero-order valence-electron chi connectivity index (χ0n) is 15.5. The van der Waals surface area contributed by atoms with Gasteiger partial charge in [-0.15, -0.1) is 11.3 Å². The Balaban J connectivity index is 1.89. The average molecular weight is 415 g/mol. The monoisotopic (exact) mass is 414 g/mol. The number of thiocarbonyl (C=S) groups is 1. The third kappa shape index (κ3) is 4.55. The van der Waals surface area contributed by atoms with E-state index in [0.717, 1.165) is 34.8 Å². The van der Waals surface area contributed by atoms with Gasteiger partial charge in [0, 0.05) is 18.0 Å². The second kappa shape index (κ2) is 8.83. The van der Waals surface area contributed by atoms with Gasteiger partial charge >= 0.3 is 5.97 Å². The maximum Gasteiger partial charge on any atom is 0.341 e. The van der Waals surface area contributed by atoms with Crippen molar-refractivity contribution in [3.05, 3.63) is 32.4 Å². The highest BCUT2D eigenvalue weighted by atomic mass is 35.5. The average Bonchev–Trinajstić information content (AvgIpc) is 3.01. The number of nitrogens with zero attached hydrogens (tertiary/aromatic N) is 2. The van der Waals surface area contributed by atoms with Crippen LogP contribution in [-0.2, 0) is 11.3 Å². The quantitative estimate of drug-likeness (QED) is 0.423. The SMILES string of the molecule is COC(=O)c1c(NC(=S)NCCCn2nc(C)c(Cl)c2C)sc(C)c1C. The Hall–Kier alpha value is -1.64. The van der Waals surface area contributed by atoms with E-state index < -0.39 is 0 Å². The maximum atomic E-state index is 12.0. The van der Waals surface area contributed by atoms with E-state index in [4.69, 9.17) is 28.6 Å². The van der Waals surface area contributed by atoms with Gasteiger partial charge in [0.25, 0.3) is 0 Å². The molecule has 0 saturated carbocycles. The number of esters is 1. The molecule has 0 bridgehead atoms. The second-order valence-electron chi connectivity index (χ2n) is 5.92. The number of carbonyl (C=O) groups excluding carboxylic acids is 1. The van der Waals surface area contributed by atoms with Gasteiger partial charge in [-0.05, 0) is 51.9 Å². The van der Waals surface area contributed by atoms with Gasteiger partial charge in [-0.2, -0.15) is 5.10 Å². The zero-order chi connectivity index (χ0) is 19.4. The van der Waals surface area contributed by atoms with Gasteiger partial charge in [-0.25, -0.2) is 4.79 Å². The summed E-state index contributed by atoms with van der Waals surface area (Å²) >= 11 is 13.0. The highest BCUT2D eigenvalue weighted by Gasteiger charge is 2.20. The number of thiophene rings is 1. The summed E-state index contributed by atoms with van der Waals surface area (Å²) in [6.45, 7) is 9.15. The second-order valence-corrected chi connectivity index (χ2v) is 7.93. The van der Waals surface area contributed by atoms with Gasteiger partial charge in [-0.3, -0.25) is 4.68 Å². The Morgan fingerprint density at radius 1 is 1.35 bits per heavy atom. The Morgan fingerprint density at radius 3 is 2.62 bits per heavy atom. The summed E-state index contributed by atoms with van der Waals surface area (Å²) < 4.78 is 6.77. The fourth-order valence-corrected chi connectivity index (χ4v) is 3.99. The molecule has 26 heavy (non-hydrogen) atoms. The Labute approximate surface area is 167 Å². The molecule has 2 rings (SSSR count). The number of nitrogens with one attached hydrogen (secondary N) is 2. The molecule has 2 aromatic heterocycles. The zero-order valence-corrected chi connectivity index (χ0v) is 17.9. The van der Waals surface area contributed by atoms with Crippen molar-refractivity contribution in [1.29, 1.82) is 0 Å². The first-order valence-corrected chi connectivity index (χ1v) is 9.79. The maximum absolute atomic E-state index is 12.0. The minimum atomic E-state index is -0.362. The van der Waals surface area contributed by atoms with Crippen LogP contribution in [0, 0.1) is 27.7 Å². The molecule has 6 nitrogen and oxygen atoms in total. The molecule has 0 aliphatic heterocycles. The molecule has 0 unspecified atom stereocenters. The van der Waals surface area contributed by atoms with Crippen molar-refractivity contribution in [1.82, 2.24) is 15.1 Å². The topological polar surface area (TPSA) is 68.2 Å². The molecule has 142 valence electrons. The van der Waals surface area contributed by atoms with E-state index in [1.54, 1.807) is 0 Å². The molecule has 2 heterocycles.